The smallest absolute Gasteiger partial charge is 0.257 e. The van der Waals surface area contributed by atoms with Gasteiger partial charge in [-0.1, -0.05) is 12.1 Å². The Morgan fingerprint density at radius 1 is 1.12 bits per heavy atom. The molecule has 6 nitrogen and oxygen atoms in total. The van der Waals surface area contributed by atoms with Crippen molar-refractivity contribution in [3.63, 3.8) is 0 Å². The van der Waals surface area contributed by atoms with Crippen LogP contribution in [0.25, 0.3) is 0 Å². The summed E-state index contributed by atoms with van der Waals surface area (Å²) in [5.74, 6) is 1.63. The fraction of sp³-hybridized carbons (Fsp3) is 0.360. The summed E-state index contributed by atoms with van der Waals surface area (Å²) >= 11 is 3.35. The Bertz CT molecular complexity index is 1120. The number of amides is 1. The SMILES string of the molecule is COc1ccc(OC)c(CN(CC(=O)N2N=C(c3cccs3)CC2c2cccs2)C2CC2)c1. The van der Waals surface area contributed by atoms with Gasteiger partial charge in [0.1, 0.15) is 11.5 Å². The number of hydrogen-bond acceptors (Lipinski definition) is 7. The van der Waals surface area contributed by atoms with Crippen LogP contribution in [0.2, 0.25) is 0 Å². The molecule has 0 saturated heterocycles. The highest BCUT2D eigenvalue weighted by Gasteiger charge is 2.37. The second-order valence-corrected chi connectivity index (χ2v) is 10.2. The first-order valence-corrected chi connectivity index (χ1v) is 12.8. The molecule has 0 radical (unpaired) electrons. The van der Waals surface area contributed by atoms with Crippen molar-refractivity contribution in [3.8, 4) is 11.5 Å². The van der Waals surface area contributed by atoms with Crippen LogP contribution in [0.15, 0.2) is 58.3 Å². The van der Waals surface area contributed by atoms with Crippen LogP contribution in [0.1, 0.15) is 40.6 Å². The van der Waals surface area contributed by atoms with Gasteiger partial charge in [0.2, 0.25) is 0 Å². The first-order valence-electron chi connectivity index (χ1n) is 11.1. The summed E-state index contributed by atoms with van der Waals surface area (Å²) in [4.78, 5) is 18.2. The number of hydrogen-bond donors (Lipinski definition) is 0. The maximum atomic E-state index is 13.6. The van der Waals surface area contributed by atoms with E-state index in [9.17, 15) is 4.79 Å². The Morgan fingerprint density at radius 2 is 1.94 bits per heavy atom. The molecular formula is C25H27N3O3S2. The van der Waals surface area contributed by atoms with Crippen LogP contribution in [0, 0.1) is 0 Å². The molecule has 0 N–H and O–H groups in total. The largest absolute Gasteiger partial charge is 0.497 e. The van der Waals surface area contributed by atoms with Crippen LogP contribution in [0.5, 0.6) is 11.5 Å². The molecule has 0 spiro atoms. The maximum Gasteiger partial charge on any atom is 0.257 e. The van der Waals surface area contributed by atoms with Gasteiger partial charge in [0.15, 0.2) is 0 Å². The number of nitrogens with zero attached hydrogens (tertiary/aromatic N) is 3. The molecule has 33 heavy (non-hydrogen) atoms. The van der Waals surface area contributed by atoms with Gasteiger partial charge in [-0.3, -0.25) is 9.69 Å². The number of methoxy groups -OCH3 is 2. The van der Waals surface area contributed by atoms with Gasteiger partial charge in [0.25, 0.3) is 5.91 Å². The molecule has 1 aliphatic heterocycles. The first kappa shape index (κ1) is 22.1. The molecule has 8 heteroatoms. The van der Waals surface area contributed by atoms with Gasteiger partial charge in [0.05, 0.1) is 37.4 Å². The Morgan fingerprint density at radius 3 is 2.61 bits per heavy atom. The number of carbonyl (C=O) groups excluding carboxylic acids is 1. The minimum atomic E-state index is -0.0398. The molecule has 1 fully saturated rings. The molecule has 0 bridgehead atoms. The van der Waals surface area contributed by atoms with E-state index in [1.54, 1.807) is 41.9 Å². The van der Waals surface area contributed by atoms with E-state index in [0.29, 0.717) is 19.1 Å². The standard InChI is InChI=1S/C25H27N3O3S2/c1-30-19-9-10-22(31-2)17(13-19)15-27(18-7-8-18)16-25(29)28-21(24-6-4-12-33-24)14-20(26-28)23-5-3-11-32-23/h3-6,9-13,18,21H,7-8,14-16H2,1-2H3. The lowest BCUT2D eigenvalue weighted by Gasteiger charge is -2.27. The number of ether oxygens (including phenoxy) is 2. The second kappa shape index (κ2) is 9.67. The van der Waals surface area contributed by atoms with Gasteiger partial charge in [-0.15, -0.1) is 22.7 Å². The number of carbonyl (C=O) groups is 1. The van der Waals surface area contributed by atoms with Crippen molar-refractivity contribution in [1.82, 2.24) is 9.91 Å². The normalized spacial score (nSPS) is 18.0. The average Bonchev–Trinajstić information content (AvgIpc) is 3.24. The quantitative estimate of drug-likeness (QED) is 0.423. The van der Waals surface area contributed by atoms with Gasteiger partial charge in [0, 0.05) is 29.4 Å². The van der Waals surface area contributed by atoms with Crippen molar-refractivity contribution in [2.24, 2.45) is 5.10 Å². The van der Waals surface area contributed by atoms with E-state index >= 15 is 0 Å². The summed E-state index contributed by atoms with van der Waals surface area (Å²) < 4.78 is 11.0. The lowest BCUT2D eigenvalue weighted by atomic mass is 10.1. The predicted octanol–water partition coefficient (Wildman–Crippen LogP) is 5.17. The third-order valence-electron chi connectivity index (χ3n) is 6.11. The zero-order chi connectivity index (χ0) is 22.8. The van der Waals surface area contributed by atoms with E-state index in [4.69, 9.17) is 14.6 Å². The second-order valence-electron chi connectivity index (χ2n) is 8.31. The Kier molecular flexibility index (Phi) is 6.48. The maximum absolute atomic E-state index is 13.6. The van der Waals surface area contributed by atoms with E-state index < -0.39 is 0 Å². The predicted molar refractivity (Wildman–Crippen MR) is 132 cm³/mol. The molecule has 2 aliphatic rings. The lowest BCUT2D eigenvalue weighted by Crippen LogP contribution is -2.39. The topological polar surface area (TPSA) is 54.4 Å². The monoisotopic (exact) mass is 481 g/mol. The van der Waals surface area contributed by atoms with Crippen LogP contribution < -0.4 is 9.47 Å². The molecule has 1 saturated carbocycles. The zero-order valence-electron chi connectivity index (χ0n) is 18.8. The highest BCUT2D eigenvalue weighted by atomic mass is 32.1. The van der Waals surface area contributed by atoms with Gasteiger partial charge in [-0.25, -0.2) is 5.01 Å². The number of thiophene rings is 2. The van der Waals surface area contributed by atoms with Crippen molar-refractivity contribution in [2.75, 3.05) is 20.8 Å². The molecule has 5 rings (SSSR count). The highest BCUT2D eigenvalue weighted by molar-refractivity contribution is 7.12. The Hall–Kier alpha value is -2.68. The first-order chi connectivity index (χ1) is 16.2. The third-order valence-corrected chi connectivity index (χ3v) is 8.00. The van der Waals surface area contributed by atoms with Gasteiger partial charge in [-0.05, 0) is 53.9 Å². The molecule has 3 aromatic rings. The minimum Gasteiger partial charge on any atom is -0.497 e. The summed E-state index contributed by atoms with van der Waals surface area (Å²) in [6.07, 6.45) is 2.97. The fourth-order valence-corrected chi connectivity index (χ4v) is 5.79. The van der Waals surface area contributed by atoms with Crippen LogP contribution in [0.3, 0.4) is 0 Å². The zero-order valence-corrected chi connectivity index (χ0v) is 20.4. The van der Waals surface area contributed by atoms with Crippen LogP contribution in [0.4, 0.5) is 0 Å². The molecule has 172 valence electrons. The molecule has 2 aromatic heterocycles. The summed E-state index contributed by atoms with van der Waals surface area (Å²) in [5, 5.41) is 10.7. The van der Waals surface area contributed by atoms with E-state index in [-0.39, 0.29) is 11.9 Å². The molecular weight excluding hydrogens is 454 g/mol. The van der Waals surface area contributed by atoms with Gasteiger partial charge < -0.3 is 9.47 Å². The molecule has 3 heterocycles. The summed E-state index contributed by atoms with van der Waals surface area (Å²) in [6.45, 7) is 0.962. The third kappa shape index (κ3) is 4.83. The molecule has 1 atom stereocenters. The van der Waals surface area contributed by atoms with Crippen molar-refractivity contribution in [3.05, 3.63) is 68.5 Å². The summed E-state index contributed by atoms with van der Waals surface area (Å²) in [7, 11) is 3.34. The van der Waals surface area contributed by atoms with Crippen LogP contribution in [-0.4, -0.2) is 48.3 Å². The number of rotatable bonds is 9. The van der Waals surface area contributed by atoms with Crippen molar-refractivity contribution in [2.45, 2.75) is 37.9 Å². The molecule has 1 aliphatic carbocycles. The van der Waals surface area contributed by atoms with Gasteiger partial charge in [-0.2, -0.15) is 5.10 Å². The van der Waals surface area contributed by atoms with Gasteiger partial charge >= 0.3 is 0 Å². The number of benzene rings is 1. The van der Waals surface area contributed by atoms with E-state index in [1.807, 2.05) is 30.3 Å². The van der Waals surface area contributed by atoms with Crippen LogP contribution in [-0.2, 0) is 11.3 Å². The van der Waals surface area contributed by atoms with Crippen molar-refractivity contribution < 1.29 is 14.3 Å². The Labute approximate surface area is 202 Å². The van der Waals surface area contributed by atoms with Crippen molar-refractivity contribution >= 4 is 34.3 Å². The molecule has 1 aromatic carbocycles. The number of hydrazone groups is 1. The average molecular weight is 482 g/mol. The van der Waals surface area contributed by atoms with Crippen molar-refractivity contribution in [1.29, 1.82) is 0 Å². The molecule has 1 amide bonds. The summed E-state index contributed by atoms with van der Waals surface area (Å²) in [5.41, 5.74) is 2.01. The van der Waals surface area contributed by atoms with E-state index in [1.165, 1.54) is 4.88 Å². The summed E-state index contributed by atoms with van der Waals surface area (Å²) in [6, 6.07) is 14.4. The fourth-order valence-electron chi connectivity index (χ4n) is 4.26. The highest BCUT2D eigenvalue weighted by Crippen LogP contribution is 2.37. The van der Waals surface area contributed by atoms with E-state index in [2.05, 4.69) is 27.8 Å². The lowest BCUT2D eigenvalue weighted by molar-refractivity contribution is -0.134. The molecule has 1 unspecified atom stereocenters. The Balaban J connectivity index is 1.38. The van der Waals surface area contributed by atoms with Crippen LogP contribution >= 0.6 is 22.7 Å². The van der Waals surface area contributed by atoms with E-state index in [0.717, 1.165) is 46.9 Å². The minimum absolute atomic E-state index is 0.0359.